The molecule has 3 aromatic carbocycles. The van der Waals surface area contributed by atoms with Gasteiger partial charge in [-0.15, -0.1) is 11.3 Å². The predicted molar refractivity (Wildman–Crippen MR) is 127 cm³/mol. The van der Waals surface area contributed by atoms with Gasteiger partial charge in [0.25, 0.3) is 5.56 Å². The summed E-state index contributed by atoms with van der Waals surface area (Å²) in [5.74, 6) is 0.351. The summed E-state index contributed by atoms with van der Waals surface area (Å²) in [6.07, 6.45) is 0.113. The molecule has 0 saturated carbocycles. The fourth-order valence-electron chi connectivity index (χ4n) is 3.46. The molecule has 0 unspecified atom stereocenters. The van der Waals surface area contributed by atoms with Crippen molar-refractivity contribution in [2.45, 2.75) is 6.42 Å². The molecular formula is C25H18N4O2S. The number of rotatable bonds is 5. The second-order valence-corrected chi connectivity index (χ2v) is 8.01. The highest BCUT2D eigenvalue weighted by Gasteiger charge is 2.17. The molecule has 0 spiro atoms. The zero-order valence-corrected chi connectivity index (χ0v) is 17.8. The number of thiazole rings is 1. The van der Waals surface area contributed by atoms with Gasteiger partial charge in [0.2, 0.25) is 5.91 Å². The number of nitrogens with one attached hydrogen (secondary N) is 1. The third-order valence-corrected chi connectivity index (χ3v) is 5.81. The van der Waals surface area contributed by atoms with E-state index in [2.05, 4.69) is 10.3 Å². The summed E-state index contributed by atoms with van der Waals surface area (Å²) < 4.78 is 1.53. The summed E-state index contributed by atoms with van der Waals surface area (Å²) in [7, 11) is 0. The number of nitrogens with zero attached hydrogens (tertiary/aromatic N) is 3. The van der Waals surface area contributed by atoms with Gasteiger partial charge in [0.1, 0.15) is 5.82 Å². The standard InChI is InChI=1S/C25H18N4O2S/c30-22(26-18-11-5-2-6-12-18)15-19-16-32-25(27-19)29-23(17-9-3-1-4-10-17)28-21-14-8-7-13-20(21)24(29)31/h1-14,16H,15H2,(H,26,30). The molecule has 0 atom stereocenters. The minimum Gasteiger partial charge on any atom is -0.326 e. The molecule has 5 aromatic rings. The molecule has 1 amide bonds. The molecule has 5 rings (SSSR count). The number of carbonyl (C=O) groups excluding carboxylic acids is 1. The Balaban J connectivity index is 1.54. The van der Waals surface area contributed by atoms with Crippen LogP contribution >= 0.6 is 11.3 Å². The molecule has 2 heterocycles. The van der Waals surface area contributed by atoms with E-state index in [9.17, 15) is 9.59 Å². The number of aromatic nitrogens is 3. The third kappa shape index (κ3) is 3.93. The molecular weight excluding hydrogens is 420 g/mol. The van der Waals surface area contributed by atoms with Crippen molar-refractivity contribution in [3.8, 4) is 16.5 Å². The van der Waals surface area contributed by atoms with E-state index in [1.807, 2.05) is 78.9 Å². The molecule has 0 fully saturated rings. The van der Waals surface area contributed by atoms with Gasteiger partial charge in [-0.1, -0.05) is 60.7 Å². The summed E-state index contributed by atoms with van der Waals surface area (Å²) in [5, 5.41) is 5.66. The van der Waals surface area contributed by atoms with Gasteiger partial charge in [0.05, 0.1) is 23.0 Å². The molecule has 0 aliphatic heterocycles. The van der Waals surface area contributed by atoms with Crippen LogP contribution in [0.2, 0.25) is 0 Å². The summed E-state index contributed by atoms with van der Waals surface area (Å²) in [4.78, 5) is 35.2. The lowest BCUT2D eigenvalue weighted by Gasteiger charge is -2.11. The molecule has 0 aliphatic carbocycles. The summed E-state index contributed by atoms with van der Waals surface area (Å²) in [5.41, 5.74) is 2.58. The largest absolute Gasteiger partial charge is 0.326 e. The Bertz CT molecular complexity index is 1460. The van der Waals surface area contributed by atoms with Crippen LogP contribution < -0.4 is 10.9 Å². The van der Waals surface area contributed by atoms with Crippen LogP contribution in [0, 0.1) is 0 Å². The predicted octanol–water partition coefficient (Wildman–Crippen LogP) is 4.69. The van der Waals surface area contributed by atoms with E-state index in [-0.39, 0.29) is 17.9 Å². The fourth-order valence-corrected chi connectivity index (χ4v) is 4.28. The minimum atomic E-state index is -0.191. The maximum atomic E-state index is 13.4. The van der Waals surface area contributed by atoms with Gasteiger partial charge in [-0.2, -0.15) is 0 Å². The molecule has 0 saturated heterocycles. The monoisotopic (exact) mass is 438 g/mol. The van der Waals surface area contributed by atoms with Crippen molar-refractivity contribution in [1.82, 2.24) is 14.5 Å². The van der Waals surface area contributed by atoms with Gasteiger partial charge in [0.15, 0.2) is 5.13 Å². The zero-order valence-electron chi connectivity index (χ0n) is 16.9. The maximum absolute atomic E-state index is 13.4. The number of amides is 1. The lowest BCUT2D eigenvalue weighted by Crippen LogP contribution is -2.22. The van der Waals surface area contributed by atoms with Gasteiger partial charge in [0, 0.05) is 16.6 Å². The van der Waals surface area contributed by atoms with Crippen LogP contribution in [0.4, 0.5) is 5.69 Å². The van der Waals surface area contributed by atoms with Crippen LogP contribution in [0.15, 0.2) is 95.1 Å². The van der Waals surface area contributed by atoms with Gasteiger partial charge in [-0.05, 0) is 24.3 Å². The van der Waals surface area contributed by atoms with Crippen LogP contribution in [0.25, 0.3) is 27.4 Å². The first-order chi connectivity index (χ1) is 15.7. The van der Waals surface area contributed by atoms with Crippen LogP contribution in [0.5, 0.6) is 0 Å². The Morgan fingerprint density at radius 3 is 2.34 bits per heavy atom. The van der Waals surface area contributed by atoms with Gasteiger partial charge < -0.3 is 5.32 Å². The first kappa shape index (κ1) is 19.8. The van der Waals surface area contributed by atoms with Crippen molar-refractivity contribution in [2.24, 2.45) is 0 Å². The topological polar surface area (TPSA) is 76.9 Å². The van der Waals surface area contributed by atoms with Crippen molar-refractivity contribution in [3.63, 3.8) is 0 Å². The molecule has 2 aromatic heterocycles. The molecule has 0 aliphatic rings. The highest BCUT2D eigenvalue weighted by atomic mass is 32.1. The van der Waals surface area contributed by atoms with Crippen LogP contribution in [-0.4, -0.2) is 20.4 Å². The summed E-state index contributed by atoms with van der Waals surface area (Å²) in [6, 6.07) is 26.1. The molecule has 7 heteroatoms. The van der Waals surface area contributed by atoms with Crippen molar-refractivity contribution in [2.75, 3.05) is 5.32 Å². The molecule has 0 bridgehead atoms. The number of benzene rings is 3. The van der Waals surface area contributed by atoms with Crippen molar-refractivity contribution < 1.29 is 4.79 Å². The number of fused-ring (bicyclic) bond motifs is 1. The average Bonchev–Trinajstić information content (AvgIpc) is 3.28. The number of anilines is 1. The van der Waals surface area contributed by atoms with E-state index in [1.54, 1.807) is 11.4 Å². The van der Waals surface area contributed by atoms with Crippen molar-refractivity contribution >= 4 is 33.8 Å². The quantitative estimate of drug-likeness (QED) is 0.432. The Labute approximate surface area is 187 Å². The van der Waals surface area contributed by atoms with E-state index in [0.29, 0.717) is 27.6 Å². The Hall–Kier alpha value is -4.10. The summed E-state index contributed by atoms with van der Waals surface area (Å²) in [6.45, 7) is 0. The summed E-state index contributed by atoms with van der Waals surface area (Å²) >= 11 is 1.31. The molecule has 32 heavy (non-hydrogen) atoms. The van der Waals surface area contributed by atoms with Crippen molar-refractivity contribution in [3.05, 3.63) is 106 Å². The SMILES string of the molecule is O=C(Cc1csc(-n2c(-c3ccccc3)nc3ccccc3c2=O)n1)Nc1ccccc1. The van der Waals surface area contributed by atoms with Gasteiger partial charge >= 0.3 is 0 Å². The number of hydrogen-bond donors (Lipinski definition) is 1. The van der Waals surface area contributed by atoms with Gasteiger partial charge in [-0.25, -0.2) is 14.5 Å². The van der Waals surface area contributed by atoms with Gasteiger partial charge in [-0.3, -0.25) is 9.59 Å². The molecule has 1 N–H and O–H groups in total. The molecule has 0 radical (unpaired) electrons. The Morgan fingerprint density at radius 1 is 0.875 bits per heavy atom. The maximum Gasteiger partial charge on any atom is 0.268 e. The molecule has 156 valence electrons. The second kappa shape index (κ2) is 8.56. The Morgan fingerprint density at radius 2 is 1.56 bits per heavy atom. The highest BCUT2D eigenvalue weighted by molar-refractivity contribution is 7.12. The first-order valence-corrected chi connectivity index (χ1v) is 10.9. The number of para-hydroxylation sites is 2. The van der Waals surface area contributed by atoms with Crippen LogP contribution in [0.1, 0.15) is 5.69 Å². The Kier molecular flexibility index (Phi) is 5.31. The van der Waals surface area contributed by atoms with E-state index >= 15 is 0 Å². The van der Waals surface area contributed by atoms with Crippen molar-refractivity contribution in [1.29, 1.82) is 0 Å². The number of carbonyl (C=O) groups is 1. The normalized spacial score (nSPS) is 10.9. The van der Waals surface area contributed by atoms with E-state index in [4.69, 9.17) is 4.98 Å². The number of hydrogen-bond acceptors (Lipinski definition) is 5. The molecule has 6 nitrogen and oxygen atoms in total. The highest BCUT2D eigenvalue weighted by Crippen LogP contribution is 2.24. The van der Waals surface area contributed by atoms with Crippen LogP contribution in [0.3, 0.4) is 0 Å². The second-order valence-electron chi connectivity index (χ2n) is 7.17. The minimum absolute atomic E-state index is 0.113. The first-order valence-electron chi connectivity index (χ1n) is 10.1. The van der Waals surface area contributed by atoms with E-state index < -0.39 is 0 Å². The lowest BCUT2D eigenvalue weighted by molar-refractivity contribution is -0.115. The van der Waals surface area contributed by atoms with Crippen LogP contribution in [-0.2, 0) is 11.2 Å². The zero-order chi connectivity index (χ0) is 21.9. The third-order valence-electron chi connectivity index (χ3n) is 4.94. The average molecular weight is 439 g/mol. The van der Waals surface area contributed by atoms with E-state index in [1.165, 1.54) is 15.9 Å². The smallest absolute Gasteiger partial charge is 0.268 e. The fraction of sp³-hybridized carbons (Fsp3) is 0.0400. The van der Waals surface area contributed by atoms with E-state index in [0.717, 1.165) is 11.3 Å². The lowest BCUT2D eigenvalue weighted by atomic mass is 10.2.